The van der Waals surface area contributed by atoms with Crippen molar-refractivity contribution in [3.63, 3.8) is 0 Å². The SMILES string of the molecule is COC(=O)C1CCC(CNC(=O)c2cc(C(C)C)nc3c2c(C)nn3C)CC1. The highest BCUT2D eigenvalue weighted by atomic mass is 16.5. The Kier molecular flexibility index (Phi) is 6.01. The molecule has 7 heteroatoms. The van der Waals surface area contributed by atoms with Crippen molar-refractivity contribution in [1.29, 1.82) is 0 Å². The predicted molar refractivity (Wildman–Crippen MR) is 107 cm³/mol. The molecule has 0 saturated heterocycles. The quantitative estimate of drug-likeness (QED) is 0.798. The molecule has 0 unspecified atom stereocenters. The Bertz CT molecular complexity index is 879. The molecule has 1 fully saturated rings. The van der Waals surface area contributed by atoms with E-state index in [-0.39, 0.29) is 23.7 Å². The van der Waals surface area contributed by atoms with Gasteiger partial charge in [0.05, 0.1) is 29.7 Å². The lowest BCUT2D eigenvalue weighted by atomic mass is 9.82. The van der Waals surface area contributed by atoms with Crippen LogP contribution in [0.4, 0.5) is 0 Å². The lowest BCUT2D eigenvalue weighted by molar-refractivity contribution is -0.146. The molecule has 152 valence electrons. The third-order valence-electron chi connectivity index (χ3n) is 5.76. The van der Waals surface area contributed by atoms with E-state index in [0.717, 1.165) is 48.1 Å². The summed E-state index contributed by atoms with van der Waals surface area (Å²) in [5.74, 6) is 0.417. The van der Waals surface area contributed by atoms with Crippen LogP contribution in [0.5, 0.6) is 0 Å². The van der Waals surface area contributed by atoms with E-state index in [2.05, 4.69) is 24.3 Å². The second-order valence-electron chi connectivity index (χ2n) is 8.11. The fourth-order valence-corrected chi connectivity index (χ4v) is 4.04. The van der Waals surface area contributed by atoms with Crippen LogP contribution in [-0.4, -0.2) is 40.3 Å². The molecule has 1 aliphatic carbocycles. The van der Waals surface area contributed by atoms with Crippen molar-refractivity contribution >= 4 is 22.9 Å². The normalized spacial score (nSPS) is 19.8. The first-order valence-electron chi connectivity index (χ1n) is 10.0. The molecule has 0 spiro atoms. The second kappa shape index (κ2) is 8.29. The van der Waals surface area contributed by atoms with Crippen LogP contribution in [0.1, 0.15) is 67.2 Å². The number of ether oxygens (including phenoxy) is 1. The molecule has 0 atom stereocenters. The number of hydrogen-bond acceptors (Lipinski definition) is 5. The number of methoxy groups -OCH3 is 1. The van der Waals surface area contributed by atoms with Crippen LogP contribution >= 0.6 is 0 Å². The van der Waals surface area contributed by atoms with Gasteiger partial charge in [0, 0.05) is 19.3 Å². The number of rotatable bonds is 5. The highest BCUT2D eigenvalue weighted by molar-refractivity contribution is 6.06. The number of esters is 1. The number of carbonyl (C=O) groups excluding carboxylic acids is 2. The Labute approximate surface area is 165 Å². The summed E-state index contributed by atoms with van der Waals surface area (Å²) < 4.78 is 6.58. The van der Waals surface area contributed by atoms with Gasteiger partial charge in [-0.05, 0) is 50.5 Å². The first-order valence-corrected chi connectivity index (χ1v) is 10.0. The van der Waals surface area contributed by atoms with Crippen LogP contribution in [0.3, 0.4) is 0 Å². The number of aryl methyl sites for hydroxylation is 2. The van der Waals surface area contributed by atoms with Gasteiger partial charge < -0.3 is 10.1 Å². The fourth-order valence-electron chi connectivity index (χ4n) is 4.04. The maximum Gasteiger partial charge on any atom is 0.308 e. The summed E-state index contributed by atoms with van der Waals surface area (Å²) in [7, 11) is 3.30. The van der Waals surface area contributed by atoms with Gasteiger partial charge in [0.25, 0.3) is 5.91 Å². The van der Waals surface area contributed by atoms with Crippen LogP contribution < -0.4 is 5.32 Å². The molecule has 28 heavy (non-hydrogen) atoms. The summed E-state index contributed by atoms with van der Waals surface area (Å²) in [5, 5.41) is 8.37. The number of nitrogens with zero attached hydrogens (tertiary/aromatic N) is 3. The van der Waals surface area contributed by atoms with Crippen LogP contribution in [0.2, 0.25) is 0 Å². The van der Waals surface area contributed by atoms with Crippen molar-refractivity contribution in [2.24, 2.45) is 18.9 Å². The minimum absolute atomic E-state index is 0.00316. The van der Waals surface area contributed by atoms with Gasteiger partial charge in [-0.1, -0.05) is 13.8 Å². The first-order chi connectivity index (χ1) is 13.3. The fraction of sp³-hybridized carbons (Fsp3) is 0.619. The summed E-state index contributed by atoms with van der Waals surface area (Å²) in [5.41, 5.74) is 3.08. The molecular formula is C21H30N4O3. The zero-order valence-corrected chi connectivity index (χ0v) is 17.4. The summed E-state index contributed by atoms with van der Waals surface area (Å²) in [6.45, 7) is 6.66. The number of hydrogen-bond donors (Lipinski definition) is 1. The van der Waals surface area contributed by atoms with Crippen LogP contribution in [0.25, 0.3) is 11.0 Å². The zero-order valence-electron chi connectivity index (χ0n) is 17.4. The molecule has 1 saturated carbocycles. The summed E-state index contributed by atoms with van der Waals surface area (Å²) in [6.07, 6.45) is 3.50. The van der Waals surface area contributed by atoms with E-state index in [1.54, 1.807) is 4.68 Å². The molecule has 2 heterocycles. The molecule has 1 aliphatic rings. The van der Waals surface area contributed by atoms with Gasteiger partial charge in [0.2, 0.25) is 0 Å². The van der Waals surface area contributed by atoms with Crippen LogP contribution in [-0.2, 0) is 16.6 Å². The minimum Gasteiger partial charge on any atom is -0.469 e. The van der Waals surface area contributed by atoms with Crippen molar-refractivity contribution < 1.29 is 14.3 Å². The van der Waals surface area contributed by atoms with Crippen molar-refractivity contribution in [2.75, 3.05) is 13.7 Å². The van der Waals surface area contributed by atoms with E-state index < -0.39 is 0 Å². The van der Waals surface area contributed by atoms with Crippen LogP contribution in [0, 0.1) is 18.8 Å². The molecule has 7 nitrogen and oxygen atoms in total. The van der Waals surface area contributed by atoms with Gasteiger partial charge in [0.15, 0.2) is 5.65 Å². The van der Waals surface area contributed by atoms with Gasteiger partial charge in [-0.15, -0.1) is 0 Å². The van der Waals surface area contributed by atoms with E-state index in [0.29, 0.717) is 18.0 Å². The second-order valence-corrected chi connectivity index (χ2v) is 8.11. The third-order valence-corrected chi connectivity index (χ3v) is 5.76. The van der Waals surface area contributed by atoms with Crippen molar-refractivity contribution in [3.8, 4) is 0 Å². The maximum absolute atomic E-state index is 13.0. The Morgan fingerprint density at radius 1 is 1.29 bits per heavy atom. The Balaban J connectivity index is 1.73. The Morgan fingerprint density at radius 3 is 2.57 bits per heavy atom. The van der Waals surface area contributed by atoms with Gasteiger partial charge in [-0.2, -0.15) is 5.10 Å². The van der Waals surface area contributed by atoms with Gasteiger partial charge in [-0.25, -0.2) is 4.98 Å². The van der Waals surface area contributed by atoms with Gasteiger partial charge >= 0.3 is 5.97 Å². The van der Waals surface area contributed by atoms with E-state index >= 15 is 0 Å². The largest absolute Gasteiger partial charge is 0.469 e. The van der Waals surface area contributed by atoms with Gasteiger partial charge in [0.1, 0.15) is 0 Å². The number of pyridine rings is 1. The molecule has 0 bridgehead atoms. The maximum atomic E-state index is 13.0. The molecule has 2 aromatic rings. The average Bonchev–Trinajstić information content (AvgIpc) is 2.99. The minimum atomic E-state index is -0.116. The molecule has 0 radical (unpaired) electrons. The molecule has 1 amide bonds. The summed E-state index contributed by atoms with van der Waals surface area (Å²) in [4.78, 5) is 29.4. The van der Waals surface area contributed by atoms with E-state index in [1.807, 2.05) is 20.0 Å². The lowest BCUT2D eigenvalue weighted by Gasteiger charge is -2.27. The smallest absolute Gasteiger partial charge is 0.308 e. The summed E-state index contributed by atoms with van der Waals surface area (Å²) in [6, 6.07) is 1.89. The number of carbonyl (C=O) groups is 2. The summed E-state index contributed by atoms with van der Waals surface area (Å²) >= 11 is 0. The van der Waals surface area contributed by atoms with Crippen molar-refractivity contribution in [3.05, 3.63) is 23.0 Å². The Morgan fingerprint density at radius 2 is 1.96 bits per heavy atom. The molecular weight excluding hydrogens is 356 g/mol. The van der Waals surface area contributed by atoms with E-state index in [1.165, 1.54) is 7.11 Å². The molecule has 2 aromatic heterocycles. The highest BCUT2D eigenvalue weighted by Crippen LogP contribution is 2.29. The molecule has 0 aromatic carbocycles. The van der Waals surface area contributed by atoms with Crippen molar-refractivity contribution in [2.45, 2.75) is 52.4 Å². The highest BCUT2D eigenvalue weighted by Gasteiger charge is 2.27. The number of nitrogens with one attached hydrogen (secondary N) is 1. The van der Waals surface area contributed by atoms with E-state index in [4.69, 9.17) is 9.72 Å². The van der Waals surface area contributed by atoms with Crippen LogP contribution in [0.15, 0.2) is 6.07 Å². The number of amides is 1. The number of fused-ring (bicyclic) bond motifs is 1. The predicted octanol–water partition coefficient (Wildman–Crippen LogP) is 3.11. The molecule has 0 aliphatic heterocycles. The van der Waals surface area contributed by atoms with E-state index in [9.17, 15) is 9.59 Å². The van der Waals surface area contributed by atoms with Crippen molar-refractivity contribution in [1.82, 2.24) is 20.1 Å². The Hall–Kier alpha value is -2.44. The first kappa shape index (κ1) is 20.3. The monoisotopic (exact) mass is 386 g/mol. The number of aromatic nitrogens is 3. The average molecular weight is 386 g/mol. The standard InChI is InChI=1S/C21H30N4O3/c1-12(2)17-10-16(18-13(3)24-25(4)19(18)23-17)20(26)22-11-14-6-8-15(9-7-14)21(27)28-5/h10,12,14-15H,6-9,11H2,1-5H3,(H,22,26). The third kappa shape index (κ3) is 4.03. The molecule has 1 N–H and O–H groups in total. The molecule has 3 rings (SSSR count). The topological polar surface area (TPSA) is 86.1 Å². The lowest BCUT2D eigenvalue weighted by Crippen LogP contribution is -2.33. The van der Waals surface area contributed by atoms with Gasteiger partial charge in [-0.3, -0.25) is 14.3 Å². The zero-order chi connectivity index (χ0) is 20.4.